The first-order valence-electron chi connectivity index (χ1n) is 6.53. The first-order chi connectivity index (χ1) is 8.38. The third-order valence-corrected chi connectivity index (χ3v) is 3.55. The lowest BCUT2D eigenvalue weighted by Crippen LogP contribution is -2.43. The highest BCUT2D eigenvalue weighted by atomic mass is 16.5. The van der Waals surface area contributed by atoms with E-state index in [9.17, 15) is 0 Å². The van der Waals surface area contributed by atoms with Gasteiger partial charge in [0.05, 0.1) is 0 Å². The Morgan fingerprint density at radius 1 is 1.28 bits per heavy atom. The first kappa shape index (κ1) is 15.0. The number of rotatable bonds is 6. The Balaban J connectivity index is 2.79. The van der Waals surface area contributed by atoms with Crippen LogP contribution in [0.2, 0.25) is 0 Å². The molecule has 0 heterocycles. The summed E-state index contributed by atoms with van der Waals surface area (Å²) >= 11 is 0. The molecule has 1 atom stereocenters. The molecule has 2 N–H and O–H groups in total. The molecule has 0 spiro atoms. The molecule has 0 aliphatic carbocycles. The average molecular weight is 250 g/mol. The third-order valence-electron chi connectivity index (χ3n) is 3.55. The lowest BCUT2D eigenvalue weighted by atomic mass is 10.0. The smallest absolute Gasteiger partial charge is 0.124 e. The summed E-state index contributed by atoms with van der Waals surface area (Å²) in [6.45, 7) is 7.06. The van der Waals surface area contributed by atoms with Crippen molar-refractivity contribution < 1.29 is 4.74 Å². The highest BCUT2D eigenvalue weighted by Crippen LogP contribution is 2.26. The van der Waals surface area contributed by atoms with E-state index in [1.54, 1.807) is 0 Å². The topological polar surface area (TPSA) is 38.5 Å². The standard InChI is InChI=1S/C15H26N2O/c1-6-13(16)12-9-7-8-10-14(12)18-11-15(2,3)17(4)5/h7-10,13H,6,11,16H2,1-5H3. The van der Waals surface area contributed by atoms with E-state index in [-0.39, 0.29) is 11.6 Å². The Morgan fingerprint density at radius 3 is 2.44 bits per heavy atom. The predicted molar refractivity (Wildman–Crippen MR) is 76.9 cm³/mol. The Morgan fingerprint density at radius 2 is 1.89 bits per heavy atom. The molecule has 1 unspecified atom stereocenters. The van der Waals surface area contributed by atoms with Crippen molar-refractivity contribution in [3.8, 4) is 5.75 Å². The molecule has 18 heavy (non-hydrogen) atoms. The summed E-state index contributed by atoms with van der Waals surface area (Å²) in [6.07, 6.45) is 0.914. The highest BCUT2D eigenvalue weighted by Gasteiger charge is 2.22. The van der Waals surface area contributed by atoms with Crippen LogP contribution in [0.25, 0.3) is 0 Å². The summed E-state index contributed by atoms with van der Waals surface area (Å²) in [5.74, 6) is 0.904. The van der Waals surface area contributed by atoms with Gasteiger partial charge in [-0.1, -0.05) is 25.1 Å². The molecule has 1 aromatic rings. The van der Waals surface area contributed by atoms with Crippen LogP contribution in [0.3, 0.4) is 0 Å². The van der Waals surface area contributed by atoms with E-state index in [2.05, 4.69) is 39.8 Å². The van der Waals surface area contributed by atoms with Gasteiger partial charge in [0.25, 0.3) is 0 Å². The highest BCUT2D eigenvalue weighted by molar-refractivity contribution is 5.35. The molecule has 0 amide bonds. The second kappa shape index (κ2) is 6.21. The van der Waals surface area contributed by atoms with Gasteiger partial charge >= 0.3 is 0 Å². The number of nitrogens with two attached hydrogens (primary N) is 1. The van der Waals surface area contributed by atoms with Crippen LogP contribution in [0.5, 0.6) is 5.75 Å². The fourth-order valence-electron chi connectivity index (χ4n) is 1.52. The summed E-state index contributed by atoms with van der Waals surface area (Å²) in [4.78, 5) is 2.16. The van der Waals surface area contributed by atoms with Crippen LogP contribution < -0.4 is 10.5 Å². The van der Waals surface area contributed by atoms with Crippen LogP contribution in [0.1, 0.15) is 38.8 Å². The number of hydrogen-bond acceptors (Lipinski definition) is 3. The van der Waals surface area contributed by atoms with Crippen molar-refractivity contribution >= 4 is 0 Å². The summed E-state index contributed by atoms with van der Waals surface area (Å²) in [5.41, 5.74) is 7.20. The van der Waals surface area contributed by atoms with Gasteiger partial charge in [0, 0.05) is 17.1 Å². The minimum Gasteiger partial charge on any atom is -0.491 e. The minimum atomic E-state index is 0.00339. The second-order valence-electron chi connectivity index (χ2n) is 5.55. The van der Waals surface area contributed by atoms with Crippen molar-refractivity contribution in [3.05, 3.63) is 29.8 Å². The van der Waals surface area contributed by atoms with Crippen molar-refractivity contribution in [3.63, 3.8) is 0 Å². The summed E-state index contributed by atoms with van der Waals surface area (Å²) in [5, 5.41) is 0. The van der Waals surface area contributed by atoms with Crippen molar-refractivity contribution in [2.24, 2.45) is 5.73 Å². The van der Waals surface area contributed by atoms with E-state index in [1.165, 1.54) is 0 Å². The largest absolute Gasteiger partial charge is 0.491 e. The molecule has 1 rings (SSSR count). The zero-order chi connectivity index (χ0) is 13.8. The molecule has 1 aromatic carbocycles. The SMILES string of the molecule is CCC(N)c1ccccc1OCC(C)(C)N(C)C. The molecule has 3 nitrogen and oxygen atoms in total. The number of para-hydroxylation sites is 1. The average Bonchev–Trinajstić information content (AvgIpc) is 2.35. The lowest BCUT2D eigenvalue weighted by molar-refractivity contribution is 0.113. The van der Waals surface area contributed by atoms with Crippen LogP contribution in [-0.4, -0.2) is 31.1 Å². The van der Waals surface area contributed by atoms with Gasteiger partial charge in [0.15, 0.2) is 0 Å². The third kappa shape index (κ3) is 3.72. The molecule has 0 aliphatic rings. The van der Waals surface area contributed by atoms with E-state index < -0.39 is 0 Å². The zero-order valence-corrected chi connectivity index (χ0v) is 12.2. The van der Waals surface area contributed by atoms with E-state index in [0.717, 1.165) is 17.7 Å². The lowest BCUT2D eigenvalue weighted by Gasteiger charge is -2.32. The minimum absolute atomic E-state index is 0.00339. The molecule has 0 bridgehead atoms. The monoisotopic (exact) mass is 250 g/mol. The zero-order valence-electron chi connectivity index (χ0n) is 12.2. The maximum atomic E-state index is 6.10. The fourth-order valence-corrected chi connectivity index (χ4v) is 1.52. The summed E-state index contributed by atoms with van der Waals surface area (Å²) < 4.78 is 5.96. The van der Waals surface area contributed by atoms with Crippen LogP contribution in [0.15, 0.2) is 24.3 Å². The van der Waals surface area contributed by atoms with E-state index in [1.807, 2.05) is 24.3 Å². The number of nitrogens with zero attached hydrogens (tertiary/aromatic N) is 1. The van der Waals surface area contributed by atoms with Crippen molar-refractivity contribution in [1.82, 2.24) is 4.90 Å². The Kier molecular flexibility index (Phi) is 5.17. The van der Waals surface area contributed by atoms with Gasteiger partial charge in [-0.2, -0.15) is 0 Å². The van der Waals surface area contributed by atoms with Crippen LogP contribution >= 0.6 is 0 Å². The van der Waals surface area contributed by atoms with Crippen LogP contribution in [0, 0.1) is 0 Å². The molecular weight excluding hydrogens is 224 g/mol. The molecule has 0 fully saturated rings. The molecule has 0 saturated carbocycles. The molecular formula is C15H26N2O. The molecule has 0 saturated heterocycles. The van der Waals surface area contributed by atoms with E-state index in [0.29, 0.717) is 6.61 Å². The Bertz CT molecular complexity index is 375. The van der Waals surface area contributed by atoms with Gasteiger partial charge in [-0.15, -0.1) is 0 Å². The number of likely N-dealkylation sites (N-methyl/N-ethyl adjacent to an activating group) is 1. The Hall–Kier alpha value is -1.06. The van der Waals surface area contributed by atoms with Crippen molar-refractivity contribution in [2.45, 2.75) is 38.8 Å². The molecule has 0 aliphatic heterocycles. The second-order valence-corrected chi connectivity index (χ2v) is 5.55. The van der Waals surface area contributed by atoms with E-state index in [4.69, 9.17) is 10.5 Å². The summed E-state index contributed by atoms with van der Waals surface area (Å²) in [6, 6.07) is 8.09. The maximum Gasteiger partial charge on any atom is 0.124 e. The Labute approximate surface area is 111 Å². The van der Waals surface area contributed by atoms with Gasteiger partial charge in [-0.3, -0.25) is 0 Å². The van der Waals surface area contributed by atoms with Crippen molar-refractivity contribution in [2.75, 3.05) is 20.7 Å². The summed E-state index contributed by atoms with van der Waals surface area (Å²) in [7, 11) is 4.13. The van der Waals surface area contributed by atoms with Gasteiger partial charge in [-0.05, 0) is 40.4 Å². The predicted octanol–water partition coefficient (Wildman–Crippen LogP) is 2.82. The van der Waals surface area contributed by atoms with Crippen LogP contribution in [0.4, 0.5) is 0 Å². The maximum absolute atomic E-state index is 6.10. The molecule has 0 aromatic heterocycles. The number of benzene rings is 1. The van der Waals surface area contributed by atoms with Gasteiger partial charge in [-0.25, -0.2) is 0 Å². The number of ether oxygens (including phenoxy) is 1. The quantitative estimate of drug-likeness (QED) is 0.843. The van der Waals surface area contributed by atoms with Crippen LogP contribution in [-0.2, 0) is 0 Å². The van der Waals surface area contributed by atoms with E-state index >= 15 is 0 Å². The molecule has 0 radical (unpaired) electrons. The van der Waals surface area contributed by atoms with Crippen molar-refractivity contribution in [1.29, 1.82) is 0 Å². The normalized spacial score (nSPS) is 13.7. The first-order valence-corrected chi connectivity index (χ1v) is 6.53. The van der Waals surface area contributed by atoms with Gasteiger partial charge in [0.1, 0.15) is 12.4 Å². The molecule has 102 valence electrons. The number of hydrogen-bond donors (Lipinski definition) is 1. The van der Waals surface area contributed by atoms with Gasteiger partial charge in [0.2, 0.25) is 0 Å². The van der Waals surface area contributed by atoms with Gasteiger partial charge < -0.3 is 15.4 Å². The fraction of sp³-hybridized carbons (Fsp3) is 0.600. The molecule has 3 heteroatoms.